The number of nitrogens with zero attached hydrogens (tertiary/aromatic N) is 1. The minimum absolute atomic E-state index is 0.603. The van der Waals surface area contributed by atoms with Gasteiger partial charge in [0.2, 0.25) is 0 Å². The Balaban J connectivity index is 1.98. The first kappa shape index (κ1) is 9.96. The smallest absolute Gasteiger partial charge is 0.0594 e. The molecule has 0 aliphatic carbocycles. The summed E-state index contributed by atoms with van der Waals surface area (Å²) in [6.07, 6.45) is 0. The van der Waals surface area contributed by atoms with E-state index in [9.17, 15) is 0 Å². The quantitative estimate of drug-likeness (QED) is 0.661. The first-order chi connectivity index (χ1) is 5.79. The molecule has 0 radical (unpaired) electrons. The second-order valence-corrected chi connectivity index (χ2v) is 3.56. The Morgan fingerprint density at radius 1 is 1.33 bits per heavy atom. The fourth-order valence-electron chi connectivity index (χ4n) is 1.34. The van der Waals surface area contributed by atoms with Crippen molar-refractivity contribution in [1.82, 2.24) is 10.2 Å². The minimum Gasteiger partial charge on any atom is -0.379 e. The van der Waals surface area contributed by atoms with Crippen LogP contribution in [0.15, 0.2) is 0 Å². The van der Waals surface area contributed by atoms with Gasteiger partial charge in [-0.15, -0.1) is 0 Å². The molecule has 1 saturated heterocycles. The molecule has 12 heavy (non-hydrogen) atoms. The molecule has 0 atom stereocenters. The molecule has 0 aromatic rings. The van der Waals surface area contributed by atoms with Crippen molar-refractivity contribution in [3.63, 3.8) is 0 Å². The third-order valence-corrected chi connectivity index (χ3v) is 2.08. The highest BCUT2D eigenvalue weighted by atomic mass is 16.5. The number of hydrogen-bond acceptors (Lipinski definition) is 3. The van der Waals surface area contributed by atoms with Gasteiger partial charge < -0.3 is 10.1 Å². The van der Waals surface area contributed by atoms with Gasteiger partial charge in [-0.3, -0.25) is 4.90 Å². The van der Waals surface area contributed by atoms with Crippen LogP contribution in [0, 0.1) is 0 Å². The molecule has 0 amide bonds. The van der Waals surface area contributed by atoms with Crippen molar-refractivity contribution in [2.75, 3.05) is 39.4 Å². The van der Waals surface area contributed by atoms with Crippen molar-refractivity contribution in [2.45, 2.75) is 19.9 Å². The summed E-state index contributed by atoms with van der Waals surface area (Å²) < 4.78 is 5.27. The summed E-state index contributed by atoms with van der Waals surface area (Å²) >= 11 is 0. The lowest BCUT2D eigenvalue weighted by atomic mass is 10.3. The number of morpholine rings is 1. The molecule has 0 bridgehead atoms. The summed E-state index contributed by atoms with van der Waals surface area (Å²) in [5.41, 5.74) is 0. The fourth-order valence-corrected chi connectivity index (χ4v) is 1.34. The SMILES string of the molecule is CC(C)NCCN1CCOCC1. The Kier molecular flexibility index (Phi) is 4.58. The summed E-state index contributed by atoms with van der Waals surface area (Å²) in [5, 5.41) is 3.41. The van der Waals surface area contributed by atoms with Crippen LogP contribution < -0.4 is 5.32 Å². The average molecular weight is 172 g/mol. The average Bonchev–Trinajstić information content (AvgIpc) is 2.05. The maximum absolute atomic E-state index is 5.27. The molecule has 1 aliphatic rings. The van der Waals surface area contributed by atoms with Crippen LogP contribution in [-0.4, -0.2) is 50.3 Å². The van der Waals surface area contributed by atoms with Gasteiger partial charge >= 0.3 is 0 Å². The lowest BCUT2D eigenvalue weighted by Crippen LogP contribution is -2.41. The lowest BCUT2D eigenvalue weighted by molar-refractivity contribution is 0.0382. The molecule has 1 fully saturated rings. The zero-order valence-electron chi connectivity index (χ0n) is 8.18. The van der Waals surface area contributed by atoms with Gasteiger partial charge in [0.05, 0.1) is 13.2 Å². The van der Waals surface area contributed by atoms with Crippen molar-refractivity contribution >= 4 is 0 Å². The molecular weight excluding hydrogens is 152 g/mol. The van der Waals surface area contributed by atoms with Gasteiger partial charge in [-0.05, 0) is 0 Å². The van der Waals surface area contributed by atoms with Crippen LogP contribution >= 0.6 is 0 Å². The van der Waals surface area contributed by atoms with Crippen molar-refractivity contribution in [3.8, 4) is 0 Å². The van der Waals surface area contributed by atoms with Crippen molar-refractivity contribution in [3.05, 3.63) is 0 Å². The third kappa shape index (κ3) is 4.04. The van der Waals surface area contributed by atoms with Crippen LogP contribution in [0.25, 0.3) is 0 Å². The normalized spacial score (nSPS) is 20.2. The van der Waals surface area contributed by atoms with Gasteiger partial charge in [0.15, 0.2) is 0 Å². The van der Waals surface area contributed by atoms with E-state index in [0.29, 0.717) is 6.04 Å². The van der Waals surface area contributed by atoms with Crippen molar-refractivity contribution in [2.24, 2.45) is 0 Å². The Morgan fingerprint density at radius 2 is 2.00 bits per heavy atom. The largest absolute Gasteiger partial charge is 0.379 e. The van der Waals surface area contributed by atoms with E-state index in [1.165, 1.54) is 0 Å². The monoisotopic (exact) mass is 172 g/mol. The van der Waals surface area contributed by atoms with Crippen molar-refractivity contribution < 1.29 is 4.74 Å². The Morgan fingerprint density at radius 3 is 2.58 bits per heavy atom. The second-order valence-electron chi connectivity index (χ2n) is 3.56. The summed E-state index contributed by atoms with van der Waals surface area (Å²) in [6.45, 7) is 10.6. The van der Waals surface area contributed by atoms with Crippen LogP contribution in [0.1, 0.15) is 13.8 Å². The zero-order chi connectivity index (χ0) is 8.81. The molecule has 1 aliphatic heterocycles. The fraction of sp³-hybridized carbons (Fsp3) is 1.00. The number of nitrogens with one attached hydrogen (secondary N) is 1. The Hall–Kier alpha value is -0.120. The van der Waals surface area contributed by atoms with E-state index in [-0.39, 0.29) is 0 Å². The Bertz CT molecular complexity index is 111. The molecule has 0 unspecified atom stereocenters. The maximum Gasteiger partial charge on any atom is 0.0594 e. The second kappa shape index (κ2) is 5.51. The van der Waals surface area contributed by atoms with E-state index in [2.05, 4.69) is 24.1 Å². The third-order valence-electron chi connectivity index (χ3n) is 2.08. The highest BCUT2D eigenvalue weighted by molar-refractivity contribution is 4.63. The molecule has 1 heterocycles. The van der Waals surface area contributed by atoms with E-state index in [1.54, 1.807) is 0 Å². The highest BCUT2D eigenvalue weighted by Crippen LogP contribution is 1.94. The zero-order valence-corrected chi connectivity index (χ0v) is 8.18. The molecule has 1 rings (SSSR count). The van der Waals surface area contributed by atoms with E-state index >= 15 is 0 Å². The summed E-state index contributed by atoms with van der Waals surface area (Å²) in [6, 6.07) is 0.603. The van der Waals surface area contributed by atoms with E-state index < -0.39 is 0 Å². The van der Waals surface area contributed by atoms with Crippen LogP contribution in [0.3, 0.4) is 0 Å². The molecule has 0 spiro atoms. The van der Waals surface area contributed by atoms with Gasteiger partial charge in [-0.2, -0.15) is 0 Å². The van der Waals surface area contributed by atoms with Gasteiger partial charge in [-0.1, -0.05) is 13.8 Å². The first-order valence-electron chi connectivity index (χ1n) is 4.82. The molecule has 3 heteroatoms. The molecule has 1 N–H and O–H groups in total. The topological polar surface area (TPSA) is 24.5 Å². The van der Waals surface area contributed by atoms with E-state index in [0.717, 1.165) is 39.4 Å². The molecule has 0 saturated carbocycles. The predicted octanol–water partition coefficient (Wildman–Crippen LogP) is 0.317. The number of hydrogen-bond donors (Lipinski definition) is 1. The standard InChI is InChI=1S/C9H20N2O/c1-9(2)10-3-4-11-5-7-12-8-6-11/h9-10H,3-8H2,1-2H3. The Labute approximate surface area is 75.1 Å². The van der Waals surface area contributed by atoms with Gasteiger partial charge in [-0.25, -0.2) is 0 Å². The molecular formula is C9H20N2O. The molecule has 72 valence electrons. The maximum atomic E-state index is 5.27. The predicted molar refractivity (Wildman–Crippen MR) is 50.4 cm³/mol. The molecule has 3 nitrogen and oxygen atoms in total. The van der Waals surface area contributed by atoms with Crippen LogP contribution in [-0.2, 0) is 4.74 Å². The lowest BCUT2D eigenvalue weighted by Gasteiger charge is -2.26. The van der Waals surface area contributed by atoms with Crippen LogP contribution in [0.2, 0.25) is 0 Å². The van der Waals surface area contributed by atoms with Crippen LogP contribution in [0.4, 0.5) is 0 Å². The van der Waals surface area contributed by atoms with E-state index in [4.69, 9.17) is 4.74 Å². The summed E-state index contributed by atoms with van der Waals surface area (Å²) in [4.78, 5) is 2.44. The number of rotatable bonds is 4. The summed E-state index contributed by atoms with van der Waals surface area (Å²) in [7, 11) is 0. The summed E-state index contributed by atoms with van der Waals surface area (Å²) in [5.74, 6) is 0. The first-order valence-corrected chi connectivity index (χ1v) is 4.82. The van der Waals surface area contributed by atoms with Crippen molar-refractivity contribution in [1.29, 1.82) is 0 Å². The molecule has 0 aromatic heterocycles. The molecule has 0 aromatic carbocycles. The van der Waals surface area contributed by atoms with E-state index in [1.807, 2.05) is 0 Å². The minimum atomic E-state index is 0.603. The van der Waals surface area contributed by atoms with Gasteiger partial charge in [0.1, 0.15) is 0 Å². The van der Waals surface area contributed by atoms with Gasteiger partial charge in [0.25, 0.3) is 0 Å². The highest BCUT2D eigenvalue weighted by Gasteiger charge is 2.08. The van der Waals surface area contributed by atoms with Gasteiger partial charge in [0, 0.05) is 32.2 Å². The number of ether oxygens (including phenoxy) is 1. The van der Waals surface area contributed by atoms with Crippen LogP contribution in [0.5, 0.6) is 0 Å².